The number of aryl methyl sites for hydroxylation is 1. The lowest BCUT2D eigenvalue weighted by atomic mass is 10.0. The Hall–Kier alpha value is -2.82. The number of carbonyl (C=O) groups is 2. The molecule has 5 nitrogen and oxygen atoms in total. The van der Waals surface area contributed by atoms with Crippen molar-refractivity contribution in [3.63, 3.8) is 0 Å². The van der Waals surface area contributed by atoms with Gasteiger partial charge in [-0.3, -0.25) is 4.79 Å². The number of hydrogen-bond donors (Lipinski definition) is 2. The average molecular weight is 366 g/mol. The van der Waals surface area contributed by atoms with Crippen LogP contribution in [0.15, 0.2) is 54.6 Å². The van der Waals surface area contributed by atoms with Gasteiger partial charge in [-0.25, -0.2) is 4.79 Å². The molecule has 1 aliphatic carbocycles. The number of hydrogen-bond acceptors (Lipinski definition) is 3. The van der Waals surface area contributed by atoms with E-state index in [4.69, 9.17) is 4.74 Å². The maximum Gasteiger partial charge on any atom is 0.408 e. The number of benzene rings is 2. The second-order valence-electron chi connectivity index (χ2n) is 7.23. The molecule has 2 aromatic carbocycles. The van der Waals surface area contributed by atoms with Crippen molar-refractivity contribution in [2.75, 3.05) is 0 Å². The Morgan fingerprint density at radius 2 is 1.78 bits per heavy atom. The highest BCUT2D eigenvalue weighted by atomic mass is 16.5. The van der Waals surface area contributed by atoms with Gasteiger partial charge in [-0.15, -0.1) is 0 Å². The van der Waals surface area contributed by atoms with Gasteiger partial charge in [-0.2, -0.15) is 0 Å². The van der Waals surface area contributed by atoms with Crippen molar-refractivity contribution in [2.45, 2.75) is 45.4 Å². The Balaban J connectivity index is 1.56. The van der Waals surface area contributed by atoms with E-state index in [1.807, 2.05) is 56.3 Å². The van der Waals surface area contributed by atoms with Crippen molar-refractivity contribution < 1.29 is 14.3 Å². The summed E-state index contributed by atoms with van der Waals surface area (Å²) in [5.74, 6) is -0.228. The lowest BCUT2D eigenvalue weighted by molar-refractivity contribution is -0.124. The topological polar surface area (TPSA) is 67.4 Å². The van der Waals surface area contributed by atoms with E-state index in [0.29, 0.717) is 0 Å². The number of fused-ring (bicyclic) bond motifs is 1. The summed E-state index contributed by atoms with van der Waals surface area (Å²) in [6.07, 6.45) is 1.26. The first-order valence-corrected chi connectivity index (χ1v) is 9.40. The molecule has 27 heavy (non-hydrogen) atoms. The lowest BCUT2D eigenvalue weighted by Gasteiger charge is -2.24. The monoisotopic (exact) mass is 366 g/mol. The quantitative estimate of drug-likeness (QED) is 0.818. The van der Waals surface area contributed by atoms with Crippen molar-refractivity contribution >= 4 is 12.0 Å². The smallest absolute Gasteiger partial charge is 0.408 e. The number of amides is 2. The van der Waals surface area contributed by atoms with Crippen LogP contribution >= 0.6 is 0 Å². The van der Waals surface area contributed by atoms with Crippen molar-refractivity contribution in [3.05, 3.63) is 71.3 Å². The molecule has 142 valence electrons. The van der Waals surface area contributed by atoms with Crippen LogP contribution < -0.4 is 10.6 Å². The molecule has 0 saturated carbocycles. The summed E-state index contributed by atoms with van der Waals surface area (Å²) in [6, 6.07) is 17.0. The standard InChI is InChI=1S/C22H26N2O3/c1-15(2)20(24-22(26)27-14-16-8-4-3-5-9-16)21(25)23-19-13-12-17-10-6-7-11-18(17)19/h3-11,15,19-20H,12-14H2,1-2H3,(H,23,25)(H,24,26)/t19-,20-/m0/s1. The number of nitrogens with one attached hydrogen (secondary N) is 2. The third-order valence-electron chi connectivity index (χ3n) is 4.88. The Morgan fingerprint density at radius 3 is 2.52 bits per heavy atom. The predicted molar refractivity (Wildman–Crippen MR) is 104 cm³/mol. The first kappa shape index (κ1) is 19.0. The molecule has 0 spiro atoms. The van der Waals surface area contributed by atoms with Crippen LogP contribution in [0.3, 0.4) is 0 Å². The van der Waals surface area contributed by atoms with E-state index in [0.717, 1.165) is 18.4 Å². The Labute approximate surface area is 160 Å². The summed E-state index contributed by atoms with van der Waals surface area (Å²) in [5.41, 5.74) is 3.35. The molecule has 0 saturated heterocycles. The Bertz CT molecular complexity index is 789. The average Bonchev–Trinajstić information content (AvgIpc) is 3.08. The molecule has 1 aliphatic rings. The van der Waals surface area contributed by atoms with Gasteiger partial charge in [-0.05, 0) is 35.4 Å². The summed E-state index contributed by atoms with van der Waals surface area (Å²) in [4.78, 5) is 24.9. The van der Waals surface area contributed by atoms with Crippen LogP contribution in [0, 0.1) is 5.92 Å². The molecule has 0 unspecified atom stereocenters. The molecule has 0 radical (unpaired) electrons. The van der Waals surface area contributed by atoms with Crippen LogP contribution in [0.1, 0.15) is 43.0 Å². The first-order chi connectivity index (χ1) is 13.0. The molecule has 0 bridgehead atoms. The molecule has 0 aromatic heterocycles. The molecule has 0 aliphatic heterocycles. The van der Waals surface area contributed by atoms with Gasteiger partial charge >= 0.3 is 6.09 Å². The predicted octanol–water partition coefficient (Wildman–Crippen LogP) is 3.74. The van der Waals surface area contributed by atoms with E-state index in [2.05, 4.69) is 22.8 Å². The highest BCUT2D eigenvalue weighted by Crippen LogP contribution is 2.30. The van der Waals surface area contributed by atoms with Gasteiger partial charge in [0.25, 0.3) is 0 Å². The number of alkyl carbamates (subject to hydrolysis) is 1. The van der Waals surface area contributed by atoms with Crippen LogP contribution in [0.4, 0.5) is 4.79 Å². The zero-order valence-corrected chi connectivity index (χ0v) is 15.8. The van der Waals surface area contributed by atoms with Gasteiger partial charge in [0.05, 0.1) is 6.04 Å². The maximum absolute atomic E-state index is 12.8. The van der Waals surface area contributed by atoms with Gasteiger partial charge in [0.2, 0.25) is 5.91 Å². The molecule has 2 amide bonds. The van der Waals surface area contributed by atoms with Crippen molar-refractivity contribution in [1.29, 1.82) is 0 Å². The third-order valence-corrected chi connectivity index (χ3v) is 4.88. The highest BCUT2D eigenvalue weighted by molar-refractivity contribution is 5.86. The summed E-state index contributed by atoms with van der Waals surface area (Å²) in [5, 5.41) is 5.80. The van der Waals surface area contributed by atoms with Gasteiger partial charge in [0, 0.05) is 0 Å². The molecular formula is C22H26N2O3. The zero-order valence-electron chi connectivity index (χ0n) is 15.8. The Morgan fingerprint density at radius 1 is 1.07 bits per heavy atom. The summed E-state index contributed by atoms with van der Waals surface area (Å²) in [7, 11) is 0. The van der Waals surface area contributed by atoms with Crippen LogP contribution in [0.5, 0.6) is 0 Å². The SMILES string of the molecule is CC(C)[C@H](NC(=O)OCc1ccccc1)C(=O)N[C@H]1CCc2ccccc21. The fourth-order valence-electron chi connectivity index (χ4n) is 3.40. The fourth-order valence-corrected chi connectivity index (χ4v) is 3.40. The summed E-state index contributed by atoms with van der Waals surface area (Å²) < 4.78 is 5.26. The van der Waals surface area contributed by atoms with E-state index in [1.54, 1.807) is 0 Å². The minimum Gasteiger partial charge on any atom is -0.445 e. The van der Waals surface area contributed by atoms with E-state index >= 15 is 0 Å². The fraction of sp³-hybridized carbons (Fsp3) is 0.364. The largest absolute Gasteiger partial charge is 0.445 e. The van der Waals surface area contributed by atoms with E-state index in [-0.39, 0.29) is 24.5 Å². The van der Waals surface area contributed by atoms with Crippen LogP contribution in [-0.4, -0.2) is 18.0 Å². The van der Waals surface area contributed by atoms with Crippen LogP contribution in [-0.2, 0) is 22.6 Å². The van der Waals surface area contributed by atoms with Crippen molar-refractivity contribution in [2.24, 2.45) is 5.92 Å². The summed E-state index contributed by atoms with van der Waals surface area (Å²) in [6.45, 7) is 3.99. The second-order valence-corrected chi connectivity index (χ2v) is 7.23. The molecule has 5 heteroatoms. The zero-order chi connectivity index (χ0) is 19.2. The number of carbonyl (C=O) groups excluding carboxylic acids is 2. The van der Waals surface area contributed by atoms with Crippen LogP contribution in [0.2, 0.25) is 0 Å². The Kier molecular flexibility index (Phi) is 6.12. The van der Waals surface area contributed by atoms with E-state index in [9.17, 15) is 9.59 Å². The molecule has 0 fully saturated rings. The molecule has 2 atom stereocenters. The van der Waals surface area contributed by atoms with Gasteiger partial charge < -0.3 is 15.4 Å². The highest BCUT2D eigenvalue weighted by Gasteiger charge is 2.29. The molecule has 3 rings (SSSR count). The van der Waals surface area contributed by atoms with E-state index in [1.165, 1.54) is 11.1 Å². The first-order valence-electron chi connectivity index (χ1n) is 9.40. The van der Waals surface area contributed by atoms with Crippen molar-refractivity contribution in [1.82, 2.24) is 10.6 Å². The lowest BCUT2D eigenvalue weighted by Crippen LogP contribution is -2.50. The number of rotatable bonds is 6. The van der Waals surface area contributed by atoms with Crippen LogP contribution in [0.25, 0.3) is 0 Å². The summed E-state index contributed by atoms with van der Waals surface area (Å²) >= 11 is 0. The van der Waals surface area contributed by atoms with Gasteiger partial charge in [-0.1, -0.05) is 68.4 Å². The van der Waals surface area contributed by atoms with Gasteiger partial charge in [0.1, 0.15) is 12.6 Å². The molecule has 2 N–H and O–H groups in total. The normalized spacial score (nSPS) is 16.5. The third kappa shape index (κ3) is 4.88. The minimum atomic E-state index is -0.638. The second kappa shape index (κ2) is 8.71. The number of ether oxygens (including phenoxy) is 1. The van der Waals surface area contributed by atoms with Gasteiger partial charge in [0.15, 0.2) is 0 Å². The minimum absolute atomic E-state index is 0.00270. The molecule has 2 aromatic rings. The van der Waals surface area contributed by atoms with Crippen molar-refractivity contribution in [3.8, 4) is 0 Å². The molecule has 0 heterocycles. The van der Waals surface area contributed by atoms with E-state index < -0.39 is 12.1 Å². The molecular weight excluding hydrogens is 340 g/mol. The maximum atomic E-state index is 12.8.